The Kier molecular flexibility index (Phi) is 5.97. The maximum Gasteiger partial charge on any atom is 0.144 e. The summed E-state index contributed by atoms with van der Waals surface area (Å²) in [6, 6.07) is 15.1. The van der Waals surface area contributed by atoms with E-state index in [1.807, 2.05) is 13.0 Å². The van der Waals surface area contributed by atoms with Gasteiger partial charge in [-0.1, -0.05) is 23.7 Å². The van der Waals surface area contributed by atoms with Gasteiger partial charge >= 0.3 is 0 Å². The third kappa shape index (κ3) is 4.42. The fraction of sp³-hybridized carbons (Fsp3) is 0.174. The first-order valence-electron chi connectivity index (χ1n) is 9.77. The minimum atomic E-state index is -0.499. The quantitative estimate of drug-likeness (QED) is 0.516. The Morgan fingerprint density at radius 2 is 1.94 bits per heavy atom. The predicted molar refractivity (Wildman–Crippen MR) is 122 cm³/mol. The number of halogens is 2. The van der Waals surface area contributed by atoms with E-state index >= 15 is 0 Å². The third-order valence-corrected chi connectivity index (χ3v) is 5.19. The van der Waals surface area contributed by atoms with Gasteiger partial charge in [-0.05, 0) is 48.9 Å². The van der Waals surface area contributed by atoms with E-state index in [-0.39, 0.29) is 12.4 Å². The predicted octanol–water partition coefficient (Wildman–Crippen LogP) is 5.18. The lowest BCUT2D eigenvalue weighted by Gasteiger charge is -2.31. The molecular formula is C23H22ClFN4O2. The van der Waals surface area contributed by atoms with Crippen LogP contribution in [0.15, 0.2) is 59.6 Å². The maximum absolute atomic E-state index is 13.3. The van der Waals surface area contributed by atoms with Gasteiger partial charge in [-0.25, -0.2) is 9.38 Å². The van der Waals surface area contributed by atoms with E-state index in [2.05, 4.69) is 4.99 Å². The SMILES string of the molecule is CCOc1cc2c(cc1N)C(N)N(c1ccc(OCc3cccc(F)c3)c(Cl)c1)C=N2. The molecule has 1 aliphatic heterocycles. The molecule has 0 saturated carbocycles. The van der Waals surface area contributed by atoms with Gasteiger partial charge in [-0.2, -0.15) is 0 Å². The largest absolute Gasteiger partial charge is 0.492 e. The average molecular weight is 441 g/mol. The van der Waals surface area contributed by atoms with Crippen LogP contribution in [-0.2, 0) is 6.61 Å². The smallest absolute Gasteiger partial charge is 0.144 e. The first-order chi connectivity index (χ1) is 15.0. The highest BCUT2D eigenvalue weighted by molar-refractivity contribution is 6.32. The molecule has 8 heteroatoms. The zero-order valence-corrected chi connectivity index (χ0v) is 17.6. The average Bonchev–Trinajstić information content (AvgIpc) is 2.74. The number of ether oxygens (including phenoxy) is 2. The second-order valence-corrected chi connectivity index (χ2v) is 7.42. The van der Waals surface area contributed by atoms with Gasteiger partial charge in [0, 0.05) is 17.3 Å². The van der Waals surface area contributed by atoms with Crippen LogP contribution in [0.25, 0.3) is 0 Å². The molecule has 6 nitrogen and oxygen atoms in total. The molecule has 0 aromatic heterocycles. The third-order valence-electron chi connectivity index (χ3n) is 4.90. The molecule has 1 unspecified atom stereocenters. The van der Waals surface area contributed by atoms with Gasteiger partial charge in [0.2, 0.25) is 0 Å². The normalized spacial score (nSPS) is 15.0. The molecule has 0 spiro atoms. The van der Waals surface area contributed by atoms with Crippen LogP contribution in [0.3, 0.4) is 0 Å². The topological polar surface area (TPSA) is 86.1 Å². The Bertz CT molecular complexity index is 1140. The molecule has 0 fully saturated rings. The molecule has 3 aromatic carbocycles. The van der Waals surface area contributed by atoms with Crippen molar-refractivity contribution in [3.63, 3.8) is 0 Å². The van der Waals surface area contributed by atoms with Crippen molar-refractivity contribution in [2.75, 3.05) is 17.2 Å². The summed E-state index contributed by atoms with van der Waals surface area (Å²) in [7, 11) is 0. The van der Waals surface area contributed by atoms with Crippen LogP contribution in [0, 0.1) is 5.82 Å². The van der Waals surface area contributed by atoms with Crippen LogP contribution in [0.1, 0.15) is 24.2 Å². The van der Waals surface area contributed by atoms with Gasteiger partial charge in [0.05, 0.1) is 29.3 Å². The fourth-order valence-corrected chi connectivity index (χ4v) is 3.59. The molecule has 4 rings (SSSR count). The number of anilines is 2. The van der Waals surface area contributed by atoms with Crippen LogP contribution < -0.4 is 25.8 Å². The summed E-state index contributed by atoms with van der Waals surface area (Å²) in [5.41, 5.74) is 16.0. The van der Waals surface area contributed by atoms with Gasteiger partial charge < -0.3 is 25.8 Å². The van der Waals surface area contributed by atoms with Gasteiger partial charge in [0.1, 0.15) is 30.1 Å². The number of hydrogen-bond donors (Lipinski definition) is 2. The second-order valence-electron chi connectivity index (χ2n) is 7.01. The number of nitrogens with zero attached hydrogens (tertiary/aromatic N) is 2. The number of benzene rings is 3. The van der Waals surface area contributed by atoms with Crippen molar-refractivity contribution in [1.82, 2.24) is 0 Å². The van der Waals surface area contributed by atoms with Crippen molar-refractivity contribution in [3.05, 3.63) is 76.6 Å². The van der Waals surface area contributed by atoms with E-state index in [9.17, 15) is 4.39 Å². The van der Waals surface area contributed by atoms with Crippen LogP contribution in [0.2, 0.25) is 5.02 Å². The molecule has 0 bridgehead atoms. The number of nitrogens with two attached hydrogens (primary N) is 2. The zero-order chi connectivity index (χ0) is 22.0. The highest BCUT2D eigenvalue weighted by Crippen LogP contribution is 2.40. The number of fused-ring (bicyclic) bond motifs is 1. The summed E-state index contributed by atoms with van der Waals surface area (Å²) in [6.45, 7) is 2.61. The van der Waals surface area contributed by atoms with Crippen molar-refractivity contribution in [3.8, 4) is 11.5 Å². The lowest BCUT2D eigenvalue weighted by Crippen LogP contribution is -2.35. The van der Waals surface area contributed by atoms with Crippen molar-refractivity contribution in [2.24, 2.45) is 10.7 Å². The molecule has 1 atom stereocenters. The molecule has 4 N–H and O–H groups in total. The number of hydrogen-bond acceptors (Lipinski definition) is 6. The Morgan fingerprint density at radius 1 is 1.10 bits per heavy atom. The summed E-state index contributed by atoms with van der Waals surface area (Å²) in [5, 5.41) is 0.409. The first-order valence-corrected chi connectivity index (χ1v) is 10.1. The number of nitrogen functional groups attached to an aromatic ring is 1. The highest BCUT2D eigenvalue weighted by Gasteiger charge is 2.24. The van der Waals surface area contributed by atoms with Crippen LogP contribution in [-0.4, -0.2) is 12.9 Å². The first kappa shape index (κ1) is 21.0. The molecule has 31 heavy (non-hydrogen) atoms. The highest BCUT2D eigenvalue weighted by atomic mass is 35.5. The number of aliphatic imine (C=N–C) groups is 1. The van der Waals surface area contributed by atoms with E-state index < -0.39 is 6.17 Å². The van der Waals surface area contributed by atoms with Crippen LogP contribution in [0.4, 0.5) is 21.5 Å². The lowest BCUT2D eigenvalue weighted by molar-refractivity contribution is 0.306. The van der Waals surface area contributed by atoms with E-state index in [4.69, 9.17) is 32.5 Å². The summed E-state index contributed by atoms with van der Waals surface area (Å²) >= 11 is 6.43. The van der Waals surface area contributed by atoms with E-state index in [1.54, 1.807) is 47.6 Å². The van der Waals surface area contributed by atoms with Gasteiger partial charge in [0.15, 0.2) is 0 Å². The Morgan fingerprint density at radius 3 is 2.68 bits per heavy atom. The molecule has 0 aliphatic carbocycles. The Hall–Kier alpha value is -3.29. The van der Waals surface area contributed by atoms with Gasteiger partial charge in [-0.3, -0.25) is 0 Å². The molecule has 160 valence electrons. The molecule has 0 radical (unpaired) electrons. The summed E-state index contributed by atoms with van der Waals surface area (Å²) in [6.07, 6.45) is 1.15. The van der Waals surface area contributed by atoms with E-state index in [0.29, 0.717) is 40.1 Å². The second kappa shape index (κ2) is 8.83. The minimum Gasteiger partial charge on any atom is -0.492 e. The maximum atomic E-state index is 13.3. The Balaban J connectivity index is 1.53. The monoisotopic (exact) mass is 440 g/mol. The molecule has 1 aliphatic rings. The van der Waals surface area contributed by atoms with Crippen molar-refractivity contribution in [1.29, 1.82) is 0 Å². The molecule has 0 saturated heterocycles. The van der Waals surface area contributed by atoms with Crippen molar-refractivity contribution >= 4 is 35.0 Å². The van der Waals surface area contributed by atoms with Gasteiger partial charge in [-0.15, -0.1) is 0 Å². The standard InChI is InChI=1S/C23H22ClFN4O2/c1-2-30-22-11-20-17(10-19(22)26)23(27)29(13-28-20)16-6-7-21(18(24)9-16)31-12-14-4-3-5-15(25)8-14/h3-11,13,23H,2,12,26-27H2,1H3. The summed E-state index contributed by atoms with van der Waals surface area (Å²) in [5.74, 6) is 0.764. The molecule has 0 amide bonds. The fourth-order valence-electron chi connectivity index (χ4n) is 3.36. The zero-order valence-electron chi connectivity index (χ0n) is 16.9. The lowest BCUT2D eigenvalue weighted by atomic mass is 10.1. The van der Waals surface area contributed by atoms with Crippen LogP contribution in [0.5, 0.6) is 11.5 Å². The molecule has 3 aromatic rings. The Labute approximate surface area is 184 Å². The van der Waals surface area contributed by atoms with Crippen molar-refractivity contribution in [2.45, 2.75) is 19.7 Å². The summed E-state index contributed by atoms with van der Waals surface area (Å²) < 4.78 is 24.6. The van der Waals surface area contributed by atoms with E-state index in [1.165, 1.54) is 12.1 Å². The minimum absolute atomic E-state index is 0.205. The van der Waals surface area contributed by atoms with Gasteiger partial charge in [0.25, 0.3) is 0 Å². The molecule has 1 heterocycles. The van der Waals surface area contributed by atoms with Crippen molar-refractivity contribution < 1.29 is 13.9 Å². The summed E-state index contributed by atoms with van der Waals surface area (Å²) in [4.78, 5) is 6.29. The van der Waals surface area contributed by atoms with E-state index in [0.717, 1.165) is 11.3 Å². The van der Waals surface area contributed by atoms with Crippen LogP contribution >= 0.6 is 11.6 Å². The number of rotatable bonds is 6. The molecular weight excluding hydrogens is 419 g/mol.